The summed E-state index contributed by atoms with van der Waals surface area (Å²) in [7, 11) is 0. The van der Waals surface area contributed by atoms with E-state index in [-0.39, 0.29) is 24.3 Å². The molecule has 0 aliphatic carbocycles. The number of hydrogen-bond donors (Lipinski definition) is 3. The quantitative estimate of drug-likeness (QED) is 0.784. The van der Waals surface area contributed by atoms with Crippen molar-refractivity contribution in [3.05, 3.63) is 47.8 Å². The van der Waals surface area contributed by atoms with Gasteiger partial charge in [0.1, 0.15) is 17.5 Å². The zero-order valence-corrected chi connectivity index (χ0v) is 13.0. The second kappa shape index (κ2) is 7.44. The minimum Gasteiger partial charge on any atom is -0.450 e. The lowest BCUT2D eigenvalue weighted by molar-refractivity contribution is 0.168. The normalized spacial score (nSPS) is 11.6. The van der Waals surface area contributed by atoms with Gasteiger partial charge in [0.2, 0.25) is 0 Å². The molecule has 0 bridgehead atoms. The first-order chi connectivity index (χ1) is 11.0. The molecule has 0 spiro atoms. The van der Waals surface area contributed by atoms with Crippen LogP contribution in [0.4, 0.5) is 26.5 Å². The number of nitrogens with two attached hydrogens (primary N) is 1. The molecule has 0 aliphatic rings. The molecular formula is C16H19FN4O2. The van der Waals surface area contributed by atoms with Gasteiger partial charge in [0.15, 0.2) is 0 Å². The number of nitrogens with zero attached hydrogens (tertiary/aromatic N) is 1. The van der Waals surface area contributed by atoms with Gasteiger partial charge in [-0.3, -0.25) is 5.32 Å². The number of halogens is 1. The number of nitrogens with one attached hydrogen (secondary N) is 2. The Kier molecular flexibility index (Phi) is 5.35. The van der Waals surface area contributed by atoms with Crippen LogP contribution in [0.2, 0.25) is 0 Å². The van der Waals surface area contributed by atoms with E-state index in [1.165, 1.54) is 12.1 Å². The number of benzene rings is 1. The maximum absolute atomic E-state index is 12.9. The van der Waals surface area contributed by atoms with Crippen molar-refractivity contribution in [3.63, 3.8) is 0 Å². The van der Waals surface area contributed by atoms with Crippen molar-refractivity contribution < 1.29 is 13.9 Å². The number of hydrogen-bond acceptors (Lipinski definition) is 5. The van der Waals surface area contributed by atoms with Crippen LogP contribution in [-0.4, -0.2) is 17.7 Å². The fourth-order valence-electron chi connectivity index (χ4n) is 1.99. The van der Waals surface area contributed by atoms with Crippen molar-refractivity contribution in [2.24, 2.45) is 0 Å². The summed E-state index contributed by atoms with van der Waals surface area (Å²) in [5, 5.41) is 5.68. The van der Waals surface area contributed by atoms with Crippen molar-refractivity contribution in [1.82, 2.24) is 4.98 Å². The van der Waals surface area contributed by atoms with Gasteiger partial charge >= 0.3 is 6.09 Å². The number of ether oxygens (including phenoxy) is 1. The maximum atomic E-state index is 12.9. The summed E-state index contributed by atoms with van der Waals surface area (Å²) in [6, 6.07) is 9.46. The molecule has 0 radical (unpaired) electrons. The van der Waals surface area contributed by atoms with E-state index in [2.05, 4.69) is 15.6 Å². The molecule has 2 aromatic rings. The Labute approximate surface area is 133 Å². The first-order valence-electron chi connectivity index (χ1n) is 7.22. The third kappa shape index (κ3) is 4.57. The van der Waals surface area contributed by atoms with E-state index in [1.807, 2.05) is 6.92 Å². The molecule has 23 heavy (non-hydrogen) atoms. The second-order valence-corrected chi connectivity index (χ2v) is 4.89. The number of carbonyl (C=O) groups excluding carboxylic acids is 1. The number of carbonyl (C=O) groups is 1. The Morgan fingerprint density at radius 3 is 2.61 bits per heavy atom. The fraction of sp³-hybridized carbons (Fsp3) is 0.250. The van der Waals surface area contributed by atoms with Crippen LogP contribution in [0, 0.1) is 5.82 Å². The van der Waals surface area contributed by atoms with Crippen LogP contribution in [0.3, 0.4) is 0 Å². The molecule has 6 nitrogen and oxygen atoms in total. The molecule has 1 amide bonds. The lowest BCUT2D eigenvalue weighted by Crippen LogP contribution is -2.15. The Morgan fingerprint density at radius 2 is 2.00 bits per heavy atom. The van der Waals surface area contributed by atoms with Crippen LogP contribution in [0.1, 0.15) is 25.5 Å². The first-order valence-corrected chi connectivity index (χ1v) is 7.22. The maximum Gasteiger partial charge on any atom is 0.411 e. The van der Waals surface area contributed by atoms with Gasteiger partial charge in [-0.05, 0) is 43.7 Å². The van der Waals surface area contributed by atoms with Crippen LogP contribution in [0.5, 0.6) is 0 Å². The van der Waals surface area contributed by atoms with Gasteiger partial charge in [-0.15, -0.1) is 0 Å². The zero-order valence-electron chi connectivity index (χ0n) is 13.0. The lowest BCUT2D eigenvalue weighted by atomic mass is 10.1. The molecule has 1 aromatic carbocycles. The summed E-state index contributed by atoms with van der Waals surface area (Å²) in [6.45, 7) is 3.91. The number of anilines is 3. The van der Waals surface area contributed by atoms with Crippen molar-refractivity contribution in [2.75, 3.05) is 23.0 Å². The van der Waals surface area contributed by atoms with Gasteiger partial charge in [-0.2, -0.15) is 0 Å². The molecule has 1 heterocycles. The summed E-state index contributed by atoms with van der Waals surface area (Å²) in [5.41, 5.74) is 7.12. The molecular weight excluding hydrogens is 299 g/mol. The Hall–Kier alpha value is -2.83. The number of rotatable bonds is 5. The van der Waals surface area contributed by atoms with Crippen LogP contribution < -0.4 is 16.4 Å². The van der Waals surface area contributed by atoms with Crippen molar-refractivity contribution in [2.45, 2.75) is 19.9 Å². The minimum absolute atomic E-state index is 0.0774. The van der Waals surface area contributed by atoms with E-state index >= 15 is 0 Å². The Bertz CT molecular complexity index is 676. The van der Waals surface area contributed by atoms with E-state index in [4.69, 9.17) is 10.5 Å². The van der Waals surface area contributed by atoms with Crippen molar-refractivity contribution in [3.8, 4) is 0 Å². The monoisotopic (exact) mass is 318 g/mol. The fourth-order valence-corrected chi connectivity index (χ4v) is 1.99. The molecule has 0 saturated carbocycles. The van der Waals surface area contributed by atoms with Gasteiger partial charge in [0, 0.05) is 6.04 Å². The number of pyridine rings is 1. The van der Waals surface area contributed by atoms with Crippen LogP contribution in [-0.2, 0) is 4.74 Å². The largest absolute Gasteiger partial charge is 0.450 e. The minimum atomic E-state index is -0.582. The summed E-state index contributed by atoms with van der Waals surface area (Å²) in [4.78, 5) is 15.6. The van der Waals surface area contributed by atoms with Crippen molar-refractivity contribution in [1.29, 1.82) is 0 Å². The van der Waals surface area contributed by atoms with Crippen LogP contribution in [0.15, 0.2) is 36.4 Å². The predicted molar refractivity (Wildman–Crippen MR) is 87.7 cm³/mol. The first kappa shape index (κ1) is 16.5. The number of aromatic nitrogens is 1. The molecule has 0 saturated heterocycles. The zero-order chi connectivity index (χ0) is 16.8. The molecule has 0 aliphatic heterocycles. The van der Waals surface area contributed by atoms with Gasteiger partial charge in [-0.1, -0.05) is 12.1 Å². The summed E-state index contributed by atoms with van der Waals surface area (Å²) in [5.74, 6) is 0.445. The molecule has 4 N–H and O–H groups in total. The molecule has 1 aromatic heterocycles. The van der Waals surface area contributed by atoms with E-state index in [0.29, 0.717) is 11.5 Å². The van der Waals surface area contributed by atoms with Gasteiger partial charge in [0.25, 0.3) is 0 Å². The topological polar surface area (TPSA) is 89.3 Å². The Morgan fingerprint density at radius 1 is 1.30 bits per heavy atom. The highest BCUT2D eigenvalue weighted by Gasteiger charge is 2.10. The summed E-state index contributed by atoms with van der Waals surface area (Å²) >= 11 is 0. The number of amides is 1. The van der Waals surface area contributed by atoms with E-state index in [1.54, 1.807) is 31.2 Å². The molecule has 1 atom stereocenters. The van der Waals surface area contributed by atoms with Gasteiger partial charge < -0.3 is 15.8 Å². The highest BCUT2D eigenvalue weighted by molar-refractivity contribution is 5.88. The second-order valence-electron chi connectivity index (χ2n) is 4.89. The number of nitrogen functional groups attached to an aromatic ring is 1. The molecule has 7 heteroatoms. The Balaban J connectivity index is 2.05. The average molecular weight is 318 g/mol. The third-order valence-corrected chi connectivity index (χ3v) is 3.17. The highest BCUT2D eigenvalue weighted by Crippen LogP contribution is 2.22. The highest BCUT2D eigenvalue weighted by atomic mass is 19.1. The van der Waals surface area contributed by atoms with Gasteiger partial charge in [-0.25, -0.2) is 14.2 Å². The summed E-state index contributed by atoms with van der Waals surface area (Å²) < 4.78 is 17.7. The third-order valence-electron chi connectivity index (χ3n) is 3.17. The standard InChI is InChI=1S/C16H19FN4O2/c1-3-23-16(22)20-13-8-9-14(21-15(13)18)19-10(2)11-4-6-12(17)7-5-11/h4-10H,3H2,1-2H3,(H,20,22)(H3,18,19,21). The molecule has 122 valence electrons. The van der Waals surface area contributed by atoms with E-state index in [9.17, 15) is 9.18 Å². The van der Waals surface area contributed by atoms with E-state index in [0.717, 1.165) is 5.56 Å². The smallest absolute Gasteiger partial charge is 0.411 e. The van der Waals surface area contributed by atoms with E-state index < -0.39 is 6.09 Å². The summed E-state index contributed by atoms with van der Waals surface area (Å²) in [6.07, 6.45) is -0.582. The van der Waals surface area contributed by atoms with Crippen LogP contribution in [0.25, 0.3) is 0 Å². The predicted octanol–water partition coefficient (Wildman–Crippen LogP) is 3.54. The van der Waals surface area contributed by atoms with Gasteiger partial charge in [0.05, 0.1) is 12.3 Å². The van der Waals surface area contributed by atoms with Crippen molar-refractivity contribution >= 4 is 23.4 Å². The molecule has 1 unspecified atom stereocenters. The molecule has 0 fully saturated rings. The molecule has 2 rings (SSSR count). The average Bonchev–Trinajstić information content (AvgIpc) is 2.51. The van der Waals surface area contributed by atoms with Crippen LogP contribution >= 0.6 is 0 Å². The lowest BCUT2D eigenvalue weighted by Gasteiger charge is -2.16. The SMILES string of the molecule is CCOC(=O)Nc1ccc(NC(C)c2ccc(F)cc2)nc1N.